The molecular weight excluding hydrogens is 224 g/mol. The average molecular weight is 236 g/mol. The quantitative estimate of drug-likeness (QED) is 0.737. The van der Waals surface area contributed by atoms with Gasteiger partial charge in [0, 0.05) is 11.3 Å². The zero-order valence-electron chi connectivity index (χ0n) is 8.93. The Labute approximate surface area is 96.6 Å². The molecule has 16 heavy (non-hydrogen) atoms. The van der Waals surface area contributed by atoms with Crippen molar-refractivity contribution in [2.24, 2.45) is 0 Å². The van der Waals surface area contributed by atoms with E-state index in [0.29, 0.717) is 17.9 Å². The predicted octanol–water partition coefficient (Wildman–Crippen LogP) is 1.93. The van der Waals surface area contributed by atoms with Gasteiger partial charge in [-0.05, 0) is 19.1 Å². The van der Waals surface area contributed by atoms with Gasteiger partial charge in [-0.2, -0.15) is 0 Å². The summed E-state index contributed by atoms with van der Waals surface area (Å²) in [4.78, 5) is 12.3. The SMILES string of the molecule is Cc1ccc(S(=O)C2=CCCOC2=O)cc1. The van der Waals surface area contributed by atoms with Crippen LogP contribution in [0.15, 0.2) is 40.1 Å². The summed E-state index contributed by atoms with van der Waals surface area (Å²) >= 11 is 0. The average Bonchev–Trinajstić information content (AvgIpc) is 2.30. The number of cyclic esters (lactones) is 1. The number of aryl methyl sites for hydroxylation is 1. The van der Waals surface area contributed by atoms with E-state index in [2.05, 4.69) is 0 Å². The smallest absolute Gasteiger partial charge is 0.347 e. The Kier molecular flexibility index (Phi) is 3.19. The van der Waals surface area contributed by atoms with Gasteiger partial charge in [0.15, 0.2) is 0 Å². The van der Waals surface area contributed by atoms with Crippen molar-refractivity contribution >= 4 is 16.8 Å². The molecule has 0 saturated heterocycles. The normalized spacial score (nSPS) is 17.6. The molecule has 1 unspecified atom stereocenters. The third-order valence-corrected chi connectivity index (χ3v) is 3.75. The van der Waals surface area contributed by atoms with Crippen LogP contribution in [-0.2, 0) is 20.3 Å². The Balaban J connectivity index is 2.28. The Hall–Kier alpha value is -1.42. The molecule has 84 valence electrons. The molecule has 4 heteroatoms. The highest BCUT2D eigenvalue weighted by Gasteiger charge is 2.22. The van der Waals surface area contributed by atoms with Crippen LogP contribution in [0.25, 0.3) is 0 Å². The number of ether oxygens (including phenoxy) is 1. The van der Waals surface area contributed by atoms with Gasteiger partial charge in [0.25, 0.3) is 0 Å². The minimum Gasteiger partial charge on any atom is -0.461 e. The van der Waals surface area contributed by atoms with Gasteiger partial charge >= 0.3 is 5.97 Å². The number of carbonyl (C=O) groups excluding carboxylic acids is 1. The van der Waals surface area contributed by atoms with Crippen LogP contribution in [0.5, 0.6) is 0 Å². The summed E-state index contributed by atoms with van der Waals surface area (Å²) in [6, 6.07) is 7.30. The Morgan fingerprint density at radius 3 is 2.56 bits per heavy atom. The molecule has 0 fully saturated rings. The Morgan fingerprint density at radius 1 is 1.25 bits per heavy atom. The van der Waals surface area contributed by atoms with Gasteiger partial charge in [-0.25, -0.2) is 9.00 Å². The fraction of sp³-hybridized carbons (Fsp3) is 0.250. The van der Waals surface area contributed by atoms with Crippen LogP contribution in [-0.4, -0.2) is 16.8 Å². The van der Waals surface area contributed by atoms with Crippen molar-refractivity contribution in [3.63, 3.8) is 0 Å². The molecule has 0 amide bonds. The molecule has 1 aromatic carbocycles. The molecular formula is C12H12O3S. The lowest BCUT2D eigenvalue weighted by atomic mass is 10.2. The maximum absolute atomic E-state index is 12.1. The van der Waals surface area contributed by atoms with E-state index in [0.717, 1.165) is 5.56 Å². The molecule has 1 atom stereocenters. The number of hydrogen-bond donors (Lipinski definition) is 0. The third kappa shape index (κ3) is 2.22. The number of esters is 1. The van der Waals surface area contributed by atoms with E-state index in [-0.39, 0.29) is 4.91 Å². The molecule has 0 spiro atoms. The Morgan fingerprint density at radius 2 is 1.94 bits per heavy atom. The first-order valence-corrected chi connectivity index (χ1v) is 6.19. The van der Waals surface area contributed by atoms with Gasteiger partial charge in [0.1, 0.15) is 4.91 Å². The first-order chi connectivity index (χ1) is 7.68. The first kappa shape index (κ1) is 11.1. The maximum Gasteiger partial charge on any atom is 0.347 e. The second-order valence-electron chi connectivity index (χ2n) is 3.57. The van der Waals surface area contributed by atoms with Crippen LogP contribution >= 0.6 is 0 Å². The fourth-order valence-corrected chi connectivity index (χ4v) is 2.55. The van der Waals surface area contributed by atoms with E-state index in [4.69, 9.17) is 4.74 Å². The van der Waals surface area contributed by atoms with Crippen molar-refractivity contribution in [3.05, 3.63) is 40.8 Å². The highest BCUT2D eigenvalue weighted by atomic mass is 32.2. The molecule has 0 saturated carbocycles. The number of carbonyl (C=O) groups is 1. The molecule has 1 aromatic rings. The monoisotopic (exact) mass is 236 g/mol. The minimum atomic E-state index is -1.42. The van der Waals surface area contributed by atoms with E-state index in [9.17, 15) is 9.00 Å². The van der Waals surface area contributed by atoms with E-state index in [1.807, 2.05) is 19.1 Å². The van der Waals surface area contributed by atoms with Gasteiger partial charge in [0.2, 0.25) is 0 Å². The van der Waals surface area contributed by atoms with Gasteiger partial charge < -0.3 is 4.74 Å². The van der Waals surface area contributed by atoms with Crippen LogP contribution in [0.4, 0.5) is 0 Å². The van der Waals surface area contributed by atoms with Crippen molar-refractivity contribution in [1.82, 2.24) is 0 Å². The van der Waals surface area contributed by atoms with E-state index in [1.54, 1.807) is 18.2 Å². The van der Waals surface area contributed by atoms with Crippen LogP contribution in [0, 0.1) is 6.92 Å². The molecule has 0 aromatic heterocycles. The molecule has 0 N–H and O–H groups in total. The maximum atomic E-state index is 12.1. The van der Waals surface area contributed by atoms with Crippen molar-refractivity contribution < 1.29 is 13.7 Å². The van der Waals surface area contributed by atoms with Gasteiger partial charge in [0.05, 0.1) is 17.4 Å². The number of hydrogen-bond acceptors (Lipinski definition) is 3. The summed E-state index contributed by atoms with van der Waals surface area (Å²) in [5.74, 6) is -0.467. The van der Waals surface area contributed by atoms with Gasteiger partial charge in [-0.15, -0.1) is 0 Å². The van der Waals surface area contributed by atoms with Gasteiger partial charge in [-0.3, -0.25) is 0 Å². The zero-order valence-corrected chi connectivity index (χ0v) is 9.75. The zero-order chi connectivity index (χ0) is 11.5. The molecule has 0 aliphatic carbocycles. The largest absolute Gasteiger partial charge is 0.461 e. The highest BCUT2D eigenvalue weighted by molar-refractivity contribution is 7.90. The number of benzene rings is 1. The van der Waals surface area contributed by atoms with Gasteiger partial charge in [-0.1, -0.05) is 23.8 Å². The minimum absolute atomic E-state index is 0.259. The molecule has 1 aliphatic rings. The summed E-state index contributed by atoms with van der Waals surface area (Å²) in [5.41, 5.74) is 1.10. The molecule has 0 bridgehead atoms. The third-order valence-electron chi connectivity index (χ3n) is 2.32. The van der Waals surface area contributed by atoms with Crippen molar-refractivity contribution in [2.45, 2.75) is 18.2 Å². The van der Waals surface area contributed by atoms with E-state index in [1.165, 1.54) is 0 Å². The van der Waals surface area contributed by atoms with Crippen molar-refractivity contribution in [3.8, 4) is 0 Å². The molecule has 1 aliphatic heterocycles. The highest BCUT2D eigenvalue weighted by Crippen LogP contribution is 2.19. The van der Waals surface area contributed by atoms with E-state index < -0.39 is 16.8 Å². The van der Waals surface area contributed by atoms with Crippen LogP contribution in [0.1, 0.15) is 12.0 Å². The summed E-state index contributed by atoms with van der Waals surface area (Å²) in [6.07, 6.45) is 2.33. The standard InChI is InChI=1S/C12H12O3S/c1-9-4-6-10(7-5-9)16(14)11-3-2-8-15-12(11)13/h3-7H,2,8H2,1H3. The van der Waals surface area contributed by atoms with Crippen molar-refractivity contribution in [1.29, 1.82) is 0 Å². The first-order valence-electron chi connectivity index (χ1n) is 5.04. The topological polar surface area (TPSA) is 43.4 Å². The molecule has 1 heterocycles. The lowest BCUT2D eigenvalue weighted by molar-refractivity contribution is -0.138. The van der Waals surface area contributed by atoms with E-state index >= 15 is 0 Å². The van der Waals surface area contributed by atoms with Crippen LogP contribution in [0.3, 0.4) is 0 Å². The summed E-state index contributed by atoms with van der Waals surface area (Å²) in [6.45, 7) is 2.34. The summed E-state index contributed by atoms with van der Waals surface area (Å²) in [7, 11) is -1.42. The Bertz CT molecular complexity index is 460. The molecule has 2 rings (SSSR count). The predicted molar refractivity (Wildman–Crippen MR) is 61.2 cm³/mol. The summed E-state index contributed by atoms with van der Waals surface area (Å²) < 4.78 is 16.9. The number of rotatable bonds is 2. The van der Waals surface area contributed by atoms with Crippen LogP contribution in [0.2, 0.25) is 0 Å². The molecule has 3 nitrogen and oxygen atoms in total. The van der Waals surface area contributed by atoms with Crippen LogP contribution < -0.4 is 0 Å². The van der Waals surface area contributed by atoms with Crippen molar-refractivity contribution in [2.75, 3.05) is 6.61 Å². The molecule has 0 radical (unpaired) electrons. The summed E-state index contributed by atoms with van der Waals surface area (Å²) in [5, 5.41) is 0. The second-order valence-corrected chi connectivity index (χ2v) is 5.02. The lowest BCUT2D eigenvalue weighted by Gasteiger charge is -2.12. The fourth-order valence-electron chi connectivity index (χ4n) is 1.44. The second kappa shape index (κ2) is 4.61. The lowest BCUT2D eigenvalue weighted by Crippen LogP contribution is -2.17.